The number of Topliss-reactive ketones (excluding diaryl/α,β-unsaturated/α-hetero) is 1. The molecule has 2 atom stereocenters. The third-order valence-corrected chi connectivity index (χ3v) is 4.42. The molecule has 1 amide bonds. The molecule has 2 aliphatic heterocycles. The molecule has 5 heteroatoms. The highest BCUT2D eigenvalue weighted by atomic mass is 35.5. The van der Waals surface area contributed by atoms with Crippen LogP contribution in [0.25, 0.3) is 0 Å². The van der Waals surface area contributed by atoms with E-state index < -0.39 is 0 Å². The molecule has 4 nitrogen and oxygen atoms in total. The lowest BCUT2D eigenvalue weighted by Gasteiger charge is -2.25. The van der Waals surface area contributed by atoms with Crippen LogP contribution in [-0.4, -0.2) is 36.3 Å². The number of amides is 1. The van der Waals surface area contributed by atoms with E-state index in [0.29, 0.717) is 12.2 Å². The third kappa shape index (κ3) is 2.58. The van der Waals surface area contributed by atoms with Crippen molar-refractivity contribution in [1.82, 2.24) is 0 Å². The van der Waals surface area contributed by atoms with Gasteiger partial charge in [-0.2, -0.15) is 0 Å². The molecular weight excluding hydrogens is 290 g/mol. The number of anilines is 1. The zero-order valence-corrected chi connectivity index (χ0v) is 12.7. The normalized spacial score (nSPS) is 24.2. The highest BCUT2D eigenvalue weighted by Gasteiger charge is 2.36. The number of carbonyl (C=O) groups is 2. The van der Waals surface area contributed by atoms with E-state index in [1.807, 2.05) is 24.0 Å². The molecule has 2 aliphatic rings. The summed E-state index contributed by atoms with van der Waals surface area (Å²) in [5.74, 6) is -0.0708. The van der Waals surface area contributed by atoms with Gasteiger partial charge in [0.05, 0.1) is 5.88 Å². The Morgan fingerprint density at radius 1 is 1.43 bits per heavy atom. The molecule has 2 unspecified atom stereocenters. The average Bonchev–Trinajstić information content (AvgIpc) is 3.11. The number of fused-ring (bicyclic) bond motifs is 1. The molecule has 2 heterocycles. The molecule has 1 aromatic carbocycles. The second-order valence-corrected chi connectivity index (χ2v) is 5.93. The van der Waals surface area contributed by atoms with E-state index in [-0.39, 0.29) is 29.7 Å². The number of ketones is 1. The zero-order chi connectivity index (χ0) is 15.0. The van der Waals surface area contributed by atoms with Crippen LogP contribution in [0.3, 0.4) is 0 Å². The Balaban J connectivity index is 1.89. The van der Waals surface area contributed by atoms with Crippen LogP contribution in [-0.2, 0) is 16.0 Å². The van der Waals surface area contributed by atoms with Crippen LogP contribution in [0, 0.1) is 0 Å². The summed E-state index contributed by atoms with van der Waals surface area (Å²) in [4.78, 5) is 26.1. The van der Waals surface area contributed by atoms with E-state index in [9.17, 15) is 9.59 Å². The van der Waals surface area contributed by atoms with Crippen LogP contribution in [0.5, 0.6) is 0 Å². The van der Waals surface area contributed by atoms with Crippen LogP contribution in [0.15, 0.2) is 18.2 Å². The Morgan fingerprint density at radius 3 is 2.90 bits per heavy atom. The summed E-state index contributed by atoms with van der Waals surface area (Å²) in [5, 5.41) is 0. The third-order valence-electron chi connectivity index (χ3n) is 4.18. The van der Waals surface area contributed by atoms with Crippen molar-refractivity contribution < 1.29 is 14.3 Å². The molecule has 0 radical (unpaired) electrons. The van der Waals surface area contributed by atoms with Gasteiger partial charge in [0.15, 0.2) is 5.78 Å². The van der Waals surface area contributed by atoms with Gasteiger partial charge in [-0.3, -0.25) is 9.59 Å². The zero-order valence-electron chi connectivity index (χ0n) is 12.0. The Bertz CT molecular complexity index is 581. The SMILES string of the molecule is CC1Cc2cc(C(=O)CCl)ccc2N1C(=O)C1CCCO1. The molecule has 0 aromatic heterocycles. The smallest absolute Gasteiger partial charge is 0.256 e. The minimum absolute atomic E-state index is 0.0209. The number of carbonyl (C=O) groups excluding carboxylic acids is 2. The van der Waals surface area contributed by atoms with Gasteiger partial charge in [-0.25, -0.2) is 0 Å². The predicted molar refractivity (Wildman–Crippen MR) is 81.1 cm³/mol. The van der Waals surface area contributed by atoms with E-state index >= 15 is 0 Å². The molecule has 1 aromatic rings. The lowest BCUT2D eigenvalue weighted by Crippen LogP contribution is -2.42. The van der Waals surface area contributed by atoms with E-state index in [1.54, 1.807) is 6.07 Å². The maximum Gasteiger partial charge on any atom is 0.256 e. The number of nitrogens with zero attached hydrogens (tertiary/aromatic N) is 1. The molecule has 3 rings (SSSR count). The molecular formula is C16H18ClNO3. The van der Waals surface area contributed by atoms with Gasteiger partial charge >= 0.3 is 0 Å². The standard InChI is InChI=1S/C16H18ClNO3/c1-10-7-12-8-11(14(19)9-17)4-5-13(12)18(10)16(20)15-3-2-6-21-15/h4-5,8,10,15H,2-3,6-7,9H2,1H3. The van der Waals surface area contributed by atoms with Crippen molar-refractivity contribution in [3.8, 4) is 0 Å². The lowest BCUT2D eigenvalue weighted by atomic mass is 10.0. The highest BCUT2D eigenvalue weighted by molar-refractivity contribution is 6.30. The monoisotopic (exact) mass is 307 g/mol. The second-order valence-electron chi connectivity index (χ2n) is 5.66. The fourth-order valence-electron chi connectivity index (χ4n) is 3.15. The summed E-state index contributed by atoms with van der Waals surface area (Å²) in [6.07, 6.45) is 2.18. The van der Waals surface area contributed by atoms with Crippen molar-refractivity contribution >= 4 is 29.0 Å². The molecule has 1 fully saturated rings. The first-order chi connectivity index (χ1) is 10.1. The van der Waals surface area contributed by atoms with Crippen molar-refractivity contribution in [2.45, 2.75) is 38.3 Å². The van der Waals surface area contributed by atoms with E-state index in [0.717, 1.165) is 30.5 Å². The van der Waals surface area contributed by atoms with Crippen molar-refractivity contribution in [2.24, 2.45) is 0 Å². The van der Waals surface area contributed by atoms with Gasteiger partial charge in [0.1, 0.15) is 6.10 Å². The predicted octanol–water partition coefficient (Wildman–Crippen LogP) is 2.56. The van der Waals surface area contributed by atoms with Crippen LogP contribution < -0.4 is 4.90 Å². The first-order valence-electron chi connectivity index (χ1n) is 7.28. The average molecular weight is 308 g/mol. The largest absolute Gasteiger partial charge is 0.368 e. The fraction of sp³-hybridized carbons (Fsp3) is 0.500. The van der Waals surface area contributed by atoms with Crippen molar-refractivity contribution in [1.29, 1.82) is 0 Å². The minimum atomic E-state index is -0.317. The molecule has 1 saturated heterocycles. The topological polar surface area (TPSA) is 46.6 Å². The highest BCUT2D eigenvalue weighted by Crippen LogP contribution is 2.34. The van der Waals surface area contributed by atoms with Crippen molar-refractivity contribution in [3.05, 3.63) is 29.3 Å². The Morgan fingerprint density at radius 2 is 2.24 bits per heavy atom. The molecule has 112 valence electrons. The number of ether oxygens (including phenoxy) is 1. The van der Waals surface area contributed by atoms with Crippen LogP contribution in [0.1, 0.15) is 35.7 Å². The Labute approximate surface area is 129 Å². The minimum Gasteiger partial charge on any atom is -0.368 e. The number of rotatable bonds is 3. The molecule has 0 N–H and O–H groups in total. The maximum absolute atomic E-state index is 12.6. The van der Waals surface area contributed by atoms with Gasteiger partial charge in [0.25, 0.3) is 5.91 Å². The van der Waals surface area contributed by atoms with Gasteiger partial charge in [-0.15, -0.1) is 11.6 Å². The van der Waals surface area contributed by atoms with Gasteiger partial charge in [0, 0.05) is 23.9 Å². The summed E-state index contributed by atoms with van der Waals surface area (Å²) in [6, 6.07) is 5.56. The summed E-state index contributed by atoms with van der Waals surface area (Å²) >= 11 is 5.60. The first-order valence-corrected chi connectivity index (χ1v) is 7.82. The van der Waals surface area contributed by atoms with Gasteiger partial charge in [-0.05, 0) is 49.9 Å². The van der Waals surface area contributed by atoms with E-state index in [2.05, 4.69) is 0 Å². The summed E-state index contributed by atoms with van der Waals surface area (Å²) < 4.78 is 5.51. The molecule has 21 heavy (non-hydrogen) atoms. The van der Waals surface area contributed by atoms with Gasteiger partial charge < -0.3 is 9.64 Å². The second kappa shape index (κ2) is 5.78. The van der Waals surface area contributed by atoms with Crippen LogP contribution in [0.4, 0.5) is 5.69 Å². The van der Waals surface area contributed by atoms with Gasteiger partial charge in [-0.1, -0.05) is 0 Å². The summed E-state index contributed by atoms with van der Waals surface area (Å²) in [5.41, 5.74) is 2.54. The number of hydrogen-bond acceptors (Lipinski definition) is 3. The molecule has 0 aliphatic carbocycles. The first kappa shape index (κ1) is 14.5. The summed E-state index contributed by atoms with van der Waals surface area (Å²) in [7, 11) is 0. The Hall–Kier alpha value is -1.39. The van der Waals surface area contributed by atoms with E-state index in [4.69, 9.17) is 16.3 Å². The summed E-state index contributed by atoms with van der Waals surface area (Å²) in [6.45, 7) is 2.69. The maximum atomic E-state index is 12.6. The number of benzene rings is 1. The van der Waals surface area contributed by atoms with Crippen molar-refractivity contribution in [3.63, 3.8) is 0 Å². The van der Waals surface area contributed by atoms with Crippen LogP contribution >= 0.6 is 11.6 Å². The van der Waals surface area contributed by atoms with Crippen LogP contribution in [0.2, 0.25) is 0 Å². The van der Waals surface area contributed by atoms with E-state index in [1.165, 1.54) is 0 Å². The van der Waals surface area contributed by atoms with Crippen molar-refractivity contribution in [2.75, 3.05) is 17.4 Å². The Kier molecular flexibility index (Phi) is 4.00. The number of hydrogen-bond donors (Lipinski definition) is 0. The number of halogens is 1. The fourth-order valence-corrected chi connectivity index (χ4v) is 3.30. The molecule has 0 saturated carbocycles. The molecule has 0 spiro atoms. The quantitative estimate of drug-likeness (QED) is 0.637. The number of alkyl halides is 1. The van der Waals surface area contributed by atoms with Gasteiger partial charge in [0.2, 0.25) is 0 Å². The molecule has 0 bridgehead atoms. The lowest BCUT2D eigenvalue weighted by molar-refractivity contribution is -0.127.